The molecule has 0 aliphatic rings. The number of unbranched alkanes of at least 4 members (excludes halogenated alkanes) is 1. The second kappa shape index (κ2) is 11.5. The third kappa shape index (κ3) is 6.31. The highest BCUT2D eigenvalue weighted by molar-refractivity contribution is 5.94. The minimum atomic E-state index is -0.670. The molecule has 3 rings (SSSR count). The highest BCUT2D eigenvalue weighted by Crippen LogP contribution is 2.29. The van der Waals surface area contributed by atoms with Crippen molar-refractivity contribution in [1.29, 1.82) is 0 Å². The summed E-state index contributed by atoms with van der Waals surface area (Å²) in [4.78, 5) is 24.5. The molecule has 1 N–H and O–H groups in total. The Morgan fingerprint density at radius 3 is 2.56 bits per heavy atom. The Labute approximate surface area is 185 Å². The van der Waals surface area contributed by atoms with E-state index in [0.717, 1.165) is 18.4 Å². The molecule has 2 aromatic carbocycles. The van der Waals surface area contributed by atoms with Crippen molar-refractivity contribution in [3.05, 3.63) is 54.1 Å². The van der Waals surface area contributed by atoms with Gasteiger partial charge in [0, 0.05) is 5.56 Å². The predicted molar refractivity (Wildman–Crippen MR) is 117 cm³/mol. The molecule has 1 heterocycles. The van der Waals surface area contributed by atoms with Crippen LogP contribution in [0.1, 0.15) is 37.0 Å². The third-order valence-electron chi connectivity index (χ3n) is 4.26. The van der Waals surface area contributed by atoms with E-state index in [0.29, 0.717) is 24.7 Å². The number of hydrogen-bond acceptors (Lipinski definition) is 8. The number of aromatic nitrogens is 2. The summed E-state index contributed by atoms with van der Waals surface area (Å²) in [7, 11) is 0. The Kier molecular flexibility index (Phi) is 8.19. The van der Waals surface area contributed by atoms with E-state index in [1.165, 1.54) is 6.07 Å². The molecule has 0 fully saturated rings. The van der Waals surface area contributed by atoms with E-state index >= 15 is 0 Å². The molecule has 0 radical (unpaired) electrons. The molecule has 9 heteroatoms. The van der Waals surface area contributed by atoms with Gasteiger partial charge < -0.3 is 18.6 Å². The first-order valence-electron chi connectivity index (χ1n) is 10.4. The molecule has 1 aromatic heterocycles. The minimum absolute atomic E-state index is 0.0860. The van der Waals surface area contributed by atoms with Crippen LogP contribution >= 0.6 is 0 Å². The first kappa shape index (κ1) is 22.8. The number of anilines is 1. The molecule has 0 saturated carbocycles. The third-order valence-corrected chi connectivity index (χ3v) is 4.26. The van der Waals surface area contributed by atoms with E-state index in [2.05, 4.69) is 22.4 Å². The Morgan fingerprint density at radius 1 is 1.00 bits per heavy atom. The zero-order valence-corrected chi connectivity index (χ0v) is 18.0. The van der Waals surface area contributed by atoms with Gasteiger partial charge in [-0.25, -0.2) is 4.79 Å². The number of ether oxygens (including phenoxy) is 3. The first-order chi connectivity index (χ1) is 15.6. The minimum Gasteiger partial charge on any atom is -0.490 e. The van der Waals surface area contributed by atoms with E-state index in [-0.39, 0.29) is 17.5 Å². The van der Waals surface area contributed by atoms with Crippen molar-refractivity contribution >= 4 is 17.9 Å². The van der Waals surface area contributed by atoms with Crippen LogP contribution in [0.3, 0.4) is 0 Å². The largest absolute Gasteiger partial charge is 0.490 e. The molecule has 3 aromatic rings. The van der Waals surface area contributed by atoms with Gasteiger partial charge in [0.15, 0.2) is 18.1 Å². The Hall–Kier alpha value is -3.88. The molecule has 0 saturated heterocycles. The predicted octanol–water partition coefficient (Wildman–Crippen LogP) is 4.11. The number of amides is 1. The maximum Gasteiger partial charge on any atom is 0.338 e. The van der Waals surface area contributed by atoms with E-state index in [1.807, 2.05) is 25.1 Å². The quantitative estimate of drug-likeness (QED) is 0.351. The monoisotopic (exact) mass is 439 g/mol. The molecule has 0 atom stereocenters. The van der Waals surface area contributed by atoms with Crippen molar-refractivity contribution in [1.82, 2.24) is 10.2 Å². The molecule has 0 aliphatic heterocycles. The molecule has 9 nitrogen and oxygen atoms in total. The zero-order chi connectivity index (χ0) is 22.8. The number of nitrogens with zero attached hydrogens (tertiary/aromatic N) is 2. The summed E-state index contributed by atoms with van der Waals surface area (Å²) in [5.41, 5.74) is 0.965. The number of nitrogens with one attached hydrogen (secondary N) is 1. The molecular weight excluding hydrogens is 414 g/mol. The van der Waals surface area contributed by atoms with Gasteiger partial charge in [-0.3, -0.25) is 10.1 Å². The van der Waals surface area contributed by atoms with Crippen molar-refractivity contribution in [2.24, 2.45) is 0 Å². The van der Waals surface area contributed by atoms with Gasteiger partial charge in [-0.05, 0) is 43.7 Å². The van der Waals surface area contributed by atoms with Gasteiger partial charge in [-0.1, -0.05) is 36.6 Å². The smallest absolute Gasteiger partial charge is 0.338 e. The van der Waals surface area contributed by atoms with Gasteiger partial charge in [0.05, 0.1) is 18.8 Å². The normalized spacial score (nSPS) is 10.4. The van der Waals surface area contributed by atoms with Gasteiger partial charge in [0.1, 0.15) is 0 Å². The highest BCUT2D eigenvalue weighted by atomic mass is 16.5. The van der Waals surface area contributed by atoms with E-state index in [4.69, 9.17) is 18.6 Å². The Balaban J connectivity index is 1.55. The number of carbonyl (C=O) groups excluding carboxylic acids is 2. The summed E-state index contributed by atoms with van der Waals surface area (Å²) in [6.45, 7) is 4.37. The molecule has 0 spiro atoms. The van der Waals surface area contributed by atoms with Crippen molar-refractivity contribution in [3.63, 3.8) is 0 Å². The second-order valence-corrected chi connectivity index (χ2v) is 6.70. The van der Waals surface area contributed by atoms with E-state index in [1.54, 1.807) is 24.3 Å². The zero-order valence-electron chi connectivity index (χ0n) is 18.0. The fourth-order valence-electron chi connectivity index (χ4n) is 2.69. The Bertz CT molecular complexity index is 1040. The van der Waals surface area contributed by atoms with Crippen LogP contribution in [-0.2, 0) is 9.53 Å². The highest BCUT2D eigenvalue weighted by Gasteiger charge is 2.16. The van der Waals surface area contributed by atoms with Gasteiger partial charge in [0.25, 0.3) is 5.91 Å². The van der Waals surface area contributed by atoms with Crippen LogP contribution in [0.2, 0.25) is 0 Å². The average molecular weight is 439 g/mol. The summed E-state index contributed by atoms with van der Waals surface area (Å²) in [5.74, 6) is -0.00696. The molecule has 0 aliphatic carbocycles. The van der Waals surface area contributed by atoms with Gasteiger partial charge >= 0.3 is 12.0 Å². The summed E-state index contributed by atoms with van der Waals surface area (Å²) in [6.07, 6.45) is 1.92. The lowest BCUT2D eigenvalue weighted by Crippen LogP contribution is -2.21. The number of carbonyl (C=O) groups is 2. The first-order valence-corrected chi connectivity index (χ1v) is 10.4. The molecule has 0 unspecified atom stereocenters. The van der Waals surface area contributed by atoms with Crippen LogP contribution in [0, 0.1) is 0 Å². The van der Waals surface area contributed by atoms with Gasteiger partial charge in [-0.15, -0.1) is 5.10 Å². The molecule has 0 bridgehead atoms. The second-order valence-electron chi connectivity index (χ2n) is 6.70. The fourth-order valence-corrected chi connectivity index (χ4v) is 2.69. The summed E-state index contributed by atoms with van der Waals surface area (Å²) >= 11 is 0. The van der Waals surface area contributed by atoms with Crippen LogP contribution in [-0.4, -0.2) is 41.9 Å². The van der Waals surface area contributed by atoms with Crippen molar-refractivity contribution in [2.45, 2.75) is 26.7 Å². The van der Waals surface area contributed by atoms with Crippen LogP contribution in [0.5, 0.6) is 11.5 Å². The molecule has 32 heavy (non-hydrogen) atoms. The lowest BCUT2D eigenvalue weighted by molar-refractivity contribution is -0.119. The molecule has 168 valence electrons. The SMILES string of the molecule is CCCCOc1ccc(C(=O)OCC(=O)Nc2nnc(-c3ccccc3)o2)cc1OCC. The van der Waals surface area contributed by atoms with Crippen LogP contribution in [0.25, 0.3) is 11.5 Å². The lowest BCUT2D eigenvalue weighted by Gasteiger charge is -2.13. The van der Waals surface area contributed by atoms with Crippen LogP contribution < -0.4 is 14.8 Å². The van der Waals surface area contributed by atoms with Crippen molar-refractivity contribution in [3.8, 4) is 23.0 Å². The van der Waals surface area contributed by atoms with Crippen molar-refractivity contribution in [2.75, 3.05) is 25.1 Å². The summed E-state index contributed by atoms with van der Waals surface area (Å²) in [6, 6.07) is 13.8. The van der Waals surface area contributed by atoms with Crippen LogP contribution in [0.15, 0.2) is 52.9 Å². The maximum absolute atomic E-state index is 12.4. The average Bonchev–Trinajstić information content (AvgIpc) is 3.27. The van der Waals surface area contributed by atoms with Crippen molar-refractivity contribution < 1.29 is 28.2 Å². The number of esters is 1. The fraction of sp³-hybridized carbons (Fsp3) is 0.304. The molecule has 1 amide bonds. The number of hydrogen-bond donors (Lipinski definition) is 1. The number of benzene rings is 2. The lowest BCUT2D eigenvalue weighted by atomic mass is 10.2. The van der Waals surface area contributed by atoms with Gasteiger partial charge in [0.2, 0.25) is 5.89 Å². The topological polar surface area (TPSA) is 113 Å². The van der Waals surface area contributed by atoms with Gasteiger partial charge in [-0.2, -0.15) is 0 Å². The maximum atomic E-state index is 12.4. The van der Waals surface area contributed by atoms with Crippen LogP contribution in [0.4, 0.5) is 6.01 Å². The summed E-state index contributed by atoms with van der Waals surface area (Å²) in [5, 5.41) is 10.1. The standard InChI is InChI=1S/C23H25N3O6/c1-3-5-13-30-18-12-11-17(14-19(18)29-4-2)22(28)31-15-20(27)24-23-26-25-21(32-23)16-9-7-6-8-10-16/h6-12,14H,3-5,13,15H2,1-2H3,(H,24,26,27). The van der Waals surface area contributed by atoms with E-state index in [9.17, 15) is 9.59 Å². The Morgan fingerprint density at radius 2 is 1.81 bits per heavy atom. The number of rotatable bonds is 11. The van der Waals surface area contributed by atoms with E-state index < -0.39 is 18.5 Å². The molecular formula is C23H25N3O6. The summed E-state index contributed by atoms with van der Waals surface area (Å²) < 4.78 is 21.8.